The minimum Gasteiger partial charge on any atom is -0.389 e. The molecule has 0 spiro atoms. The summed E-state index contributed by atoms with van der Waals surface area (Å²) >= 11 is 1.73. The molecule has 5 heteroatoms. The second-order valence-electron chi connectivity index (χ2n) is 5.98. The Morgan fingerprint density at radius 1 is 1.40 bits per heavy atom. The summed E-state index contributed by atoms with van der Waals surface area (Å²) in [5.74, 6) is 0.504. The fourth-order valence-corrected chi connectivity index (χ4v) is 3.43. The Hall–Kier alpha value is -0.650. The minimum absolute atomic E-state index is 0.504. The molecule has 0 aromatic carbocycles. The van der Waals surface area contributed by atoms with Crippen LogP contribution in [0.4, 0.5) is 5.13 Å². The van der Waals surface area contributed by atoms with Crippen molar-refractivity contribution in [3.05, 3.63) is 11.1 Å². The lowest BCUT2D eigenvalue weighted by atomic mass is 9.94. The first kappa shape index (κ1) is 17.4. The molecule has 1 aromatic rings. The van der Waals surface area contributed by atoms with Crippen molar-refractivity contribution in [1.29, 1.82) is 0 Å². The van der Waals surface area contributed by atoms with Gasteiger partial charge in [-0.3, -0.25) is 0 Å². The minimum atomic E-state index is -0.638. The average molecular weight is 299 g/mol. The largest absolute Gasteiger partial charge is 0.389 e. The van der Waals surface area contributed by atoms with Crippen LogP contribution in [0.2, 0.25) is 0 Å². The molecule has 4 nitrogen and oxygen atoms in total. The Morgan fingerprint density at radius 2 is 2.05 bits per heavy atom. The summed E-state index contributed by atoms with van der Waals surface area (Å²) in [6, 6.07) is 0. The number of nitrogens with zero attached hydrogens (tertiary/aromatic N) is 2. The van der Waals surface area contributed by atoms with Crippen LogP contribution in [-0.4, -0.2) is 35.3 Å². The van der Waals surface area contributed by atoms with E-state index in [1.807, 2.05) is 13.1 Å². The highest BCUT2D eigenvalue weighted by Gasteiger charge is 2.21. The van der Waals surface area contributed by atoms with E-state index in [-0.39, 0.29) is 0 Å². The number of hydrogen-bond donors (Lipinski definition) is 2. The maximum Gasteiger partial charge on any atom is 0.185 e. The van der Waals surface area contributed by atoms with E-state index in [1.165, 1.54) is 4.88 Å². The van der Waals surface area contributed by atoms with E-state index in [0.717, 1.165) is 31.2 Å². The molecule has 0 amide bonds. The molecule has 0 aliphatic carbocycles. The van der Waals surface area contributed by atoms with Crippen LogP contribution in [0.5, 0.6) is 0 Å². The van der Waals surface area contributed by atoms with E-state index < -0.39 is 5.60 Å². The van der Waals surface area contributed by atoms with Gasteiger partial charge in [0.2, 0.25) is 0 Å². The summed E-state index contributed by atoms with van der Waals surface area (Å²) in [5.41, 5.74) is -0.638. The number of thiazole rings is 1. The number of rotatable bonds is 9. The van der Waals surface area contributed by atoms with Gasteiger partial charge in [-0.2, -0.15) is 0 Å². The highest BCUT2D eigenvalue weighted by molar-refractivity contribution is 7.15. The summed E-state index contributed by atoms with van der Waals surface area (Å²) in [4.78, 5) is 7.93. The molecule has 1 unspecified atom stereocenters. The van der Waals surface area contributed by atoms with Gasteiger partial charge in [0.1, 0.15) is 0 Å². The van der Waals surface area contributed by atoms with E-state index in [4.69, 9.17) is 0 Å². The molecule has 0 radical (unpaired) electrons. The van der Waals surface area contributed by atoms with Gasteiger partial charge in [-0.15, -0.1) is 11.3 Å². The van der Waals surface area contributed by atoms with Gasteiger partial charge in [0.15, 0.2) is 5.13 Å². The molecule has 1 aromatic heterocycles. The lowest BCUT2D eigenvalue weighted by molar-refractivity contribution is 0.0384. The lowest BCUT2D eigenvalue weighted by Crippen LogP contribution is -2.38. The van der Waals surface area contributed by atoms with Gasteiger partial charge in [0.25, 0.3) is 0 Å². The molecule has 0 bridgehead atoms. The van der Waals surface area contributed by atoms with E-state index in [2.05, 4.69) is 42.9 Å². The number of anilines is 1. The molecule has 0 saturated carbocycles. The van der Waals surface area contributed by atoms with Crippen molar-refractivity contribution in [3.63, 3.8) is 0 Å². The molecule has 1 heterocycles. The van der Waals surface area contributed by atoms with Gasteiger partial charge in [-0.25, -0.2) is 4.98 Å². The molecule has 2 N–H and O–H groups in total. The van der Waals surface area contributed by atoms with Gasteiger partial charge in [-0.05, 0) is 33.1 Å². The monoisotopic (exact) mass is 299 g/mol. The van der Waals surface area contributed by atoms with Crippen LogP contribution in [-0.2, 0) is 6.54 Å². The molecule has 1 rings (SSSR count). The lowest BCUT2D eigenvalue weighted by Gasteiger charge is -2.25. The first-order valence-electron chi connectivity index (χ1n) is 7.50. The zero-order valence-electron chi connectivity index (χ0n) is 13.4. The summed E-state index contributed by atoms with van der Waals surface area (Å²) in [5, 5.41) is 14.7. The van der Waals surface area contributed by atoms with Crippen molar-refractivity contribution in [3.8, 4) is 0 Å². The summed E-state index contributed by atoms with van der Waals surface area (Å²) < 4.78 is 0. The zero-order chi connectivity index (χ0) is 15.2. The first-order valence-corrected chi connectivity index (χ1v) is 8.32. The summed E-state index contributed by atoms with van der Waals surface area (Å²) in [6.07, 6.45) is 2.75. The smallest absolute Gasteiger partial charge is 0.185 e. The molecule has 0 saturated heterocycles. The third-order valence-electron chi connectivity index (χ3n) is 3.23. The quantitative estimate of drug-likeness (QED) is 0.736. The Bertz CT molecular complexity index is 386. The fourth-order valence-electron chi connectivity index (χ4n) is 2.43. The van der Waals surface area contributed by atoms with Gasteiger partial charge >= 0.3 is 0 Å². The van der Waals surface area contributed by atoms with Crippen molar-refractivity contribution in [2.75, 3.05) is 24.5 Å². The van der Waals surface area contributed by atoms with Crippen LogP contribution >= 0.6 is 11.3 Å². The molecule has 1 atom stereocenters. The van der Waals surface area contributed by atoms with Gasteiger partial charge < -0.3 is 15.3 Å². The van der Waals surface area contributed by atoms with E-state index in [0.29, 0.717) is 12.5 Å². The molecule has 0 aliphatic heterocycles. The summed E-state index contributed by atoms with van der Waals surface area (Å²) in [6.45, 7) is 13.8. The van der Waals surface area contributed by atoms with Crippen molar-refractivity contribution in [2.24, 2.45) is 5.92 Å². The van der Waals surface area contributed by atoms with Crippen LogP contribution in [0.1, 0.15) is 45.9 Å². The summed E-state index contributed by atoms with van der Waals surface area (Å²) in [7, 11) is 0. The van der Waals surface area contributed by atoms with Crippen LogP contribution in [0, 0.1) is 5.92 Å². The van der Waals surface area contributed by atoms with Crippen molar-refractivity contribution < 1.29 is 5.11 Å². The van der Waals surface area contributed by atoms with E-state index in [9.17, 15) is 5.11 Å². The first-order chi connectivity index (χ1) is 9.38. The van der Waals surface area contributed by atoms with E-state index in [1.54, 1.807) is 11.3 Å². The predicted molar refractivity (Wildman–Crippen MR) is 87.5 cm³/mol. The van der Waals surface area contributed by atoms with Crippen LogP contribution in [0.15, 0.2) is 6.20 Å². The Kier molecular flexibility index (Phi) is 6.92. The Labute approximate surface area is 127 Å². The van der Waals surface area contributed by atoms with Crippen molar-refractivity contribution in [2.45, 2.75) is 53.2 Å². The number of aromatic nitrogens is 1. The number of hydrogen-bond acceptors (Lipinski definition) is 5. The normalized spacial score (nSPS) is 14.6. The van der Waals surface area contributed by atoms with Gasteiger partial charge in [0, 0.05) is 37.3 Å². The van der Waals surface area contributed by atoms with Crippen LogP contribution < -0.4 is 10.2 Å². The predicted octanol–water partition coefficient (Wildman–Crippen LogP) is 2.88. The van der Waals surface area contributed by atoms with Crippen LogP contribution in [0.3, 0.4) is 0 Å². The number of nitrogens with one attached hydrogen (secondary N) is 1. The second kappa shape index (κ2) is 7.96. The Morgan fingerprint density at radius 3 is 2.60 bits per heavy atom. The molecule has 0 fully saturated rings. The third-order valence-corrected chi connectivity index (χ3v) is 4.29. The molecule has 0 aliphatic rings. The molecular weight excluding hydrogens is 270 g/mol. The van der Waals surface area contributed by atoms with Gasteiger partial charge in [-0.1, -0.05) is 13.8 Å². The molecule has 116 valence electrons. The number of aliphatic hydroxyl groups is 1. The maximum atomic E-state index is 10.2. The molecule has 20 heavy (non-hydrogen) atoms. The SMILES string of the molecule is CCN(CC)c1ncc(CNCC(C)(O)CC(C)C)s1. The van der Waals surface area contributed by atoms with Gasteiger partial charge in [0.05, 0.1) is 5.60 Å². The van der Waals surface area contributed by atoms with Crippen molar-refractivity contribution in [1.82, 2.24) is 10.3 Å². The highest BCUT2D eigenvalue weighted by atomic mass is 32.1. The molecular formula is C15H29N3OS. The zero-order valence-corrected chi connectivity index (χ0v) is 14.3. The topological polar surface area (TPSA) is 48.4 Å². The third kappa shape index (κ3) is 5.77. The maximum absolute atomic E-state index is 10.2. The van der Waals surface area contributed by atoms with Crippen LogP contribution in [0.25, 0.3) is 0 Å². The van der Waals surface area contributed by atoms with E-state index >= 15 is 0 Å². The fraction of sp³-hybridized carbons (Fsp3) is 0.800. The Balaban J connectivity index is 2.43. The highest BCUT2D eigenvalue weighted by Crippen LogP contribution is 2.22. The second-order valence-corrected chi connectivity index (χ2v) is 7.07. The van der Waals surface area contributed by atoms with Crippen molar-refractivity contribution >= 4 is 16.5 Å². The average Bonchev–Trinajstić information content (AvgIpc) is 2.77. The standard InChI is InChI=1S/C15H29N3OS/c1-6-18(7-2)14-17-10-13(20-14)9-16-11-15(5,19)8-12(3)4/h10,12,16,19H,6-9,11H2,1-5H3.